The van der Waals surface area contributed by atoms with Gasteiger partial charge in [0.25, 0.3) is 0 Å². The van der Waals surface area contributed by atoms with Crippen molar-refractivity contribution in [1.82, 2.24) is 4.98 Å². The molecule has 0 unspecified atom stereocenters. The maximum atomic E-state index is 14.0. The zero-order chi connectivity index (χ0) is 13.3. The average molecular weight is 267 g/mol. The van der Waals surface area contributed by atoms with E-state index < -0.39 is 22.3 Å². The van der Waals surface area contributed by atoms with E-state index in [1.54, 1.807) is 5.38 Å². The third-order valence-electron chi connectivity index (χ3n) is 2.23. The van der Waals surface area contributed by atoms with Gasteiger partial charge in [-0.05, 0) is 6.07 Å². The van der Waals surface area contributed by atoms with E-state index in [9.17, 15) is 19.3 Å². The van der Waals surface area contributed by atoms with Crippen molar-refractivity contribution in [3.8, 4) is 10.6 Å². The summed E-state index contributed by atoms with van der Waals surface area (Å²) in [5.41, 5.74) is 4.04. The Morgan fingerprint density at radius 3 is 2.72 bits per heavy atom. The lowest BCUT2D eigenvalue weighted by atomic mass is 10.1. The zero-order valence-electron chi connectivity index (χ0n) is 8.79. The van der Waals surface area contributed by atoms with Crippen molar-refractivity contribution < 1.29 is 14.1 Å². The summed E-state index contributed by atoms with van der Waals surface area (Å²) >= 11 is 1.06. The molecule has 1 amide bonds. The van der Waals surface area contributed by atoms with Crippen LogP contribution in [0.4, 0.5) is 10.1 Å². The quantitative estimate of drug-likeness (QED) is 0.678. The van der Waals surface area contributed by atoms with Gasteiger partial charge in [0.1, 0.15) is 5.01 Å². The SMILES string of the molecule is NC(=O)c1ccc([N+](=O)[O-])c(F)c1-c1nccs1. The molecular formula is C10H6FN3O3S. The predicted molar refractivity (Wildman–Crippen MR) is 62.7 cm³/mol. The largest absolute Gasteiger partial charge is 0.366 e. The molecule has 0 saturated heterocycles. The Hall–Kier alpha value is -2.35. The van der Waals surface area contributed by atoms with E-state index in [0.717, 1.165) is 23.5 Å². The second kappa shape index (κ2) is 4.49. The summed E-state index contributed by atoms with van der Waals surface area (Å²) in [5, 5.41) is 12.4. The fourth-order valence-corrected chi connectivity index (χ4v) is 2.16. The van der Waals surface area contributed by atoms with Crippen LogP contribution < -0.4 is 5.73 Å². The monoisotopic (exact) mass is 267 g/mol. The van der Waals surface area contributed by atoms with Crippen molar-refractivity contribution in [3.05, 3.63) is 45.2 Å². The molecule has 0 spiro atoms. The summed E-state index contributed by atoms with van der Waals surface area (Å²) in [4.78, 5) is 24.8. The number of hydrogen-bond donors (Lipinski definition) is 1. The molecule has 0 fully saturated rings. The number of aromatic nitrogens is 1. The number of nitro groups is 1. The van der Waals surface area contributed by atoms with Gasteiger partial charge in [-0.1, -0.05) is 0 Å². The van der Waals surface area contributed by atoms with Crippen LogP contribution in [-0.2, 0) is 0 Å². The van der Waals surface area contributed by atoms with Gasteiger partial charge in [0.15, 0.2) is 0 Å². The number of primary amides is 1. The van der Waals surface area contributed by atoms with E-state index in [2.05, 4.69) is 4.98 Å². The van der Waals surface area contributed by atoms with Gasteiger partial charge in [-0.15, -0.1) is 11.3 Å². The number of hydrogen-bond acceptors (Lipinski definition) is 5. The molecule has 0 bridgehead atoms. The molecule has 8 heteroatoms. The maximum Gasteiger partial charge on any atom is 0.305 e. The molecule has 1 heterocycles. The Labute approximate surface area is 104 Å². The Morgan fingerprint density at radius 1 is 1.50 bits per heavy atom. The topological polar surface area (TPSA) is 99.1 Å². The van der Waals surface area contributed by atoms with Crippen molar-refractivity contribution >= 4 is 22.9 Å². The molecule has 0 radical (unpaired) electrons. The number of nitrogens with two attached hydrogens (primary N) is 1. The molecule has 0 atom stereocenters. The molecule has 1 aromatic carbocycles. The van der Waals surface area contributed by atoms with Crippen LogP contribution in [0.1, 0.15) is 10.4 Å². The lowest BCUT2D eigenvalue weighted by molar-refractivity contribution is -0.387. The van der Waals surface area contributed by atoms with Crippen LogP contribution >= 0.6 is 11.3 Å². The minimum absolute atomic E-state index is 0.131. The summed E-state index contributed by atoms with van der Waals surface area (Å²) < 4.78 is 14.0. The number of thiazole rings is 1. The average Bonchev–Trinajstić information content (AvgIpc) is 2.80. The summed E-state index contributed by atoms with van der Waals surface area (Å²) in [6.07, 6.45) is 1.41. The van der Waals surface area contributed by atoms with Crippen LogP contribution in [0.3, 0.4) is 0 Å². The van der Waals surface area contributed by atoms with E-state index in [4.69, 9.17) is 5.73 Å². The van der Waals surface area contributed by atoms with Crippen molar-refractivity contribution in [2.24, 2.45) is 5.73 Å². The number of amides is 1. The number of carbonyl (C=O) groups excluding carboxylic acids is 1. The van der Waals surface area contributed by atoms with Gasteiger partial charge >= 0.3 is 5.69 Å². The number of rotatable bonds is 3. The Morgan fingerprint density at radius 2 is 2.22 bits per heavy atom. The number of halogens is 1. The number of nitro benzene ring substituents is 1. The van der Waals surface area contributed by atoms with Crippen LogP contribution in [0, 0.1) is 15.9 Å². The predicted octanol–water partition coefficient (Wildman–Crippen LogP) is 1.96. The third kappa shape index (κ3) is 1.93. The number of nitrogens with zero attached hydrogens (tertiary/aromatic N) is 2. The van der Waals surface area contributed by atoms with Gasteiger partial charge in [-0.3, -0.25) is 14.9 Å². The second-order valence-corrected chi connectivity index (χ2v) is 4.17. The van der Waals surface area contributed by atoms with E-state index >= 15 is 0 Å². The fraction of sp³-hybridized carbons (Fsp3) is 0. The summed E-state index contributed by atoms with van der Waals surface area (Å²) in [6, 6.07) is 2.03. The zero-order valence-corrected chi connectivity index (χ0v) is 9.61. The molecule has 2 rings (SSSR count). The van der Waals surface area contributed by atoms with Crippen LogP contribution in [0.25, 0.3) is 10.6 Å². The molecular weight excluding hydrogens is 261 g/mol. The summed E-state index contributed by atoms with van der Waals surface area (Å²) in [5.74, 6) is -1.97. The van der Waals surface area contributed by atoms with E-state index in [-0.39, 0.29) is 16.1 Å². The first kappa shape index (κ1) is 12.1. The van der Waals surface area contributed by atoms with E-state index in [1.807, 2.05) is 0 Å². The first-order valence-electron chi connectivity index (χ1n) is 4.69. The van der Waals surface area contributed by atoms with Crippen molar-refractivity contribution in [3.63, 3.8) is 0 Å². The first-order chi connectivity index (χ1) is 8.52. The minimum atomic E-state index is -1.11. The highest BCUT2D eigenvalue weighted by atomic mass is 32.1. The van der Waals surface area contributed by atoms with Gasteiger partial charge in [-0.25, -0.2) is 4.98 Å². The molecule has 0 aliphatic heterocycles. The molecule has 0 aliphatic carbocycles. The lowest BCUT2D eigenvalue weighted by Crippen LogP contribution is -2.14. The normalized spacial score (nSPS) is 10.3. The van der Waals surface area contributed by atoms with Crippen LogP contribution in [0.15, 0.2) is 23.7 Å². The van der Waals surface area contributed by atoms with E-state index in [0.29, 0.717) is 0 Å². The molecule has 2 N–H and O–H groups in total. The highest BCUT2D eigenvalue weighted by molar-refractivity contribution is 7.13. The standard InChI is InChI=1S/C10H6FN3O3S/c11-8-6(14(16)17)2-1-5(9(12)15)7(8)10-13-3-4-18-10/h1-4H,(H2,12,15). The highest BCUT2D eigenvalue weighted by Gasteiger charge is 2.25. The molecule has 1 aromatic heterocycles. The van der Waals surface area contributed by atoms with Crippen LogP contribution in [0.5, 0.6) is 0 Å². The van der Waals surface area contributed by atoms with Crippen molar-refractivity contribution in [1.29, 1.82) is 0 Å². The van der Waals surface area contributed by atoms with Gasteiger partial charge in [0, 0.05) is 17.6 Å². The highest BCUT2D eigenvalue weighted by Crippen LogP contribution is 2.33. The van der Waals surface area contributed by atoms with Crippen molar-refractivity contribution in [2.45, 2.75) is 0 Å². The number of carbonyl (C=O) groups is 1. The first-order valence-corrected chi connectivity index (χ1v) is 5.57. The Bertz CT molecular complexity index is 628. The maximum absolute atomic E-state index is 14.0. The van der Waals surface area contributed by atoms with Gasteiger partial charge in [-0.2, -0.15) is 4.39 Å². The Kier molecular flexibility index (Phi) is 3.02. The lowest BCUT2D eigenvalue weighted by Gasteiger charge is -2.05. The van der Waals surface area contributed by atoms with Gasteiger partial charge in [0.2, 0.25) is 11.7 Å². The molecule has 18 heavy (non-hydrogen) atoms. The van der Waals surface area contributed by atoms with Crippen LogP contribution in [-0.4, -0.2) is 15.8 Å². The minimum Gasteiger partial charge on any atom is -0.366 e. The smallest absolute Gasteiger partial charge is 0.305 e. The molecule has 2 aromatic rings. The Balaban J connectivity index is 2.77. The molecule has 0 aliphatic rings. The second-order valence-electron chi connectivity index (χ2n) is 3.28. The molecule has 0 saturated carbocycles. The van der Waals surface area contributed by atoms with Crippen LogP contribution in [0.2, 0.25) is 0 Å². The van der Waals surface area contributed by atoms with Gasteiger partial charge < -0.3 is 5.73 Å². The molecule has 6 nitrogen and oxygen atoms in total. The van der Waals surface area contributed by atoms with Crippen molar-refractivity contribution in [2.75, 3.05) is 0 Å². The summed E-state index contributed by atoms with van der Waals surface area (Å²) in [7, 11) is 0. The fourth-order valence-electron chi connectivity index (χ4n) is 1.47. The van der Waals surface area contributed by atoms with Gasteiger partial charge in [0.05, 0.1) is 16.1 Å². The number of benzene rings is 1. The summed E-state index contributed by atoms with van der Waals surface area (Å²) in [6.45, 7) is 0. The van der Waals surface area contributed by atoms with E-state index in [1.165, 1.54) is 6.20 Å². The molecule has 92 valence electrons. The third-order valence-corrected chi connectivity index (χ3v) is 3.02.